The molecule has 106 valence electrons. The molecule has 1 aliphatic rings. The molecule has 1 aliphatic carbocycles. The largest absolute Gasteiger partial charge is 0.376 e. The first-order chi connectivity index (χ1) is 9.74. The highest BCUT2D eigenvalue weighted by Gasteiger charge is 2.27. The van der Waals surface area contributed by atoms with Crippen molar-refractivity contribution in [2.45, 2.75) is 31.7 Å². The molecule has 1 N–H and O–H groups in total. The highest BCUT2D eigenvalue weighted by atomic mass is 127. The van der Waals surface area contributed by atoms with Crippen molar-refractivity contribution < 1.29 is 0 Å². The molecule has 0 aliphatic heterocycles. The SMILES string of the molecule is Clc1cc(I)ccc1NC(c1cccs1)C1CCCC1. The fraction of sp³-hybridized carbons (Fsp3) is 0.375. The monoisotopic (exact) mass is 417 g/mol. The lowest BCUT2D eigenvalue weighted by Crippen LogP contribution is -2.18. The van der Waals surface area contributed by atoms with Crippen molar-refractivity contribution in [3.05, 3.63) is 49.2 Å². The first-order valence-electron chi connectivity index (χ1n) is 6.99. The molecule has 0 spiro atoms. The van der Waals surface area contributed by atoms with Crippen molar-refractivity contribution in [3.8, 4) is 0 Å². The van der Waals surface area contributed by atoms with Crippen LogP contribution in [0.1, 0.15) is 36.6 Å². The van der Waals surface area contributed by atoms with Crippen LogP contribution in [0.3, 0.4) is 0 Å². The van der Waals surface area contributed by atoms with E-state index < -0.39 is 0 Å². The van der Waals surface area contributed by atoms with Gasteiger partial charge in [-0.25, -0.2) is 0 Å². The van der Waals surface area contributed by atoms with E-state index in [1.807, 2.05) is 17.4 Å². The van der Waals surface area contributed by atoms with E-state index in [0.717, 1.165) is 16.6 Å². The second kappa shape index (κ2) is 6.67. The highest BCUT2D eigenvalue weighted by Crippen LogP contribution is 2.40. The molecular formula is C16H17ClINS. The van der Waals surface area contributed by atoms with Crippen LogP contribution in [-0.2, 0) is 0 Å². The second-order valence-corrected chi connectivity index (χ2v) is 7.94. The van der Waals surface area contributed by atoms with Gasteiger partial charge in [0.15, 0.2) is 0 Å². The van der Waals surface area contributed by atoms with Gasteiger partial charge < -0.3 is 5.32 Å². The predicted octanol–water partition coefficient (Wildman–Crippen LogP) is 6.35. The standard InChI is InChI=1S/C16H17ClINS/c17-13-10-12(18)7-8-14(13)19-16(11-4-1-2-5-11)15-6-3-9-20-15/h3,6-11,16,19H,1-2,4-5H2. The van der Waals surface area contributed by atoms with Gasteiger partial charge >= 0.3 is 0 Å². The molecule has 1 nitrogen and oxygen atoms in total. The Bertz CT molecular complexity index is 564. The molecule has 0 bridgehead atoms. The van der Waals surface area contributed by atoms with Gasteiger partial charge in [-0.15, -0.1) is 11.3 Å². The van der Waals surface area contributed by atoms with Crippen molar-refractivity contribution in [2.75, 3.05) is 5.32 Å². The molecule has 0 radical (unpaired) electrons. The fourth-order valence-corrected chi connectivity index (χ4v) is 4.73. The van der Waals surface area contributed by atoms with Gasteiger partial charge in [0.2, 0.25) is 0 Å². The third kappa shape index (κ3) is 3.31. The van der Waals surface area contributed by atoms with E-state index in [1.54, 1.807) is 0 Å². The van der Waals surface area contributed by atoms with E-state index in [-0.39, 0.29) is 0 Å². The molecule has 1 fully saturated rings. The summed E-state index contributed by atoms with van der Waals surface area (Å²) in [7, 11) is 0. The van der Waals surface area contributed by atoms with Gasteiger partial charge in [-0.05, 0) is 71.0 Å². The van der Waals surface area contributed by atoms with E-state index in [4.69, 9.17) is 11.6 Å². The number of rotatable bonds is 4. The molecule has 4 heteroatoms. The van der Waals surface area contributed by atoms with Gasteiger partial charge in [-0.1, -0.05) is 30.5 Å². The Labute approximate surface area is 142 Å². The summed E-state index contributed by atoms with van der Waals surface area (Å²) < 4.78 is 1.17. The van der Waals surface area contributed by atoms with Gasteiger partial charge in [0.05, 0.1) is 16.8 Å². The summed E-state index contributed by atoms with van der Waals surface area (Å²) in [6, 6.07) is 11.0. The topological polar surface area (TPSA) is 12.0 Å². The molecule has 3 rings (SSSR count). The lowest BCUT2D eigenvalue weighted by molar-refractivity contribution is 0.475. The van der Waals surface area contributed by atoms with Crippen LogP contribution >= 0.6 is 45.5 Å². The number of hydrogen-bond donors (Lipinski definition) is 1. The maximum atomic E-state index is 6.38. The summed E-state index contributed by atoms with van der Waals surface area (Å²) in [6.07, 6.45) is 5.35. The molecule has 20 heavy (non-hydrogen) atoms. The Balaban J connectivity index is 1.86. The third-order valence-electron chi connectivity index (χ3n) is 3.96. The van der Waals surface area contributed by atoms with Gasteiger partial charge in [0.1, 0.15) is 0 Å². The summed E-state index contributed by atoms with van der Waals surface area (Å²) in [5.74, 6) is 0.726. The normalized spacial score (nSPS) is 17.3. The van der Waals surface area contributed by atoms with Crippen LogP contribution in [0, 0.1) is 9.49 Å². The Hall–Kier alpha value is -0.260. The molecule has 1 atom stereocenters. The molecule has 0 saturated heterocycles. The van der Waals surface area contributed by atoms with E-state index in [0.29, 0.717) is 6.04 Å². The third-order valence-corrected chi connectivity index (χ3v) is 5.90. The average molecular weight is 418 g/mol. The summed E-state index contributed by atoms with van der Waals surface area (Å²) in [6.45, 7) is 0. The zero-order valence-corrected chi connectivity index (χ0v) is 14.8. The zero-order chi connectivity index (χ0) is 13.9. The maximum absolute atomic E-state index is 6.38. The Morgan fingerprint density at radius 2 is 2.05 bits per heavy atom. The van der Waals surface area contributed by atoms with E-state index >= 15 is 0 Å². The molecule has 0 amide bonds. The van der Waals surface area contributed by atoms with E-state index in [2.05, 4.69) is 57.6 Å². The van der Waals surface area contributed by atoms with Crippen molar-refractivity contribution in [1.29, 1.82) is 0 Å². The van der Waals surface area contributed by atoms with Crippen LogP contribution in [0.4, 0.5) is 5.69 Å². The van der Waals surface area contributed by atoms with Crippen LogP contribution in [-0.4, -0.2) is 0 Å². The minimum atomic E-state index is 0.398. The first-order valence-corrected chi connectivity index (χ1v) is 9.32. The molecule has 1 saturated carbocycles. The first kappa shape index (κ1) is 14.7. The van der Waals surface area contributed by atoms with Crippen molar-refractivity contribution in [2.24, 2.45) is 5.92 Å². The van der Waals surface area contributed by atoms with Crippen molar-refractivity contribution >= 4 is 51.2 Å². The van der Waals surface area contributed by atoms with Crippen LogP contribution in [0.25, 0.3) is 0 Å². The lowest BCUT2D eigenvalue weighted by atomic mass is 9.96. The van der Waals surface area contributed by atoms with Gasteiger partial charge in [0, 0.05) is 8.45 Å². The summed E-state index contributed by atoms with van der Waals surface area (Å²) in [5.41, 5.74) is 1.05. The summed E-state index contributed by atoms with van der Waals surface area (Å²) in [5, 5.41) is 6.67. The number of anilines is 1. The number of hydrogen-bond acceptors (Lipinski definition) is 2. The van der Waals surface area contributed by atoms with Crippen LogP contribution in [0.15, 0.2) is 35.7 Å². The van der Waals surface area contributed by atoms with Gasteiger partial charge in [0.25, 0.3) is 0 Å². The zero-order valence-electron chi connectivity index (χ0n) is 11.1. The highest BCUT2D eigenvalue weighted by molar-refractivity contribution is 14.1. The minimum Gasteiger partial charge on any atom is -0.376 e. The lowest BCUT2D eigenvalue weighted by Gasteiger charge is -2.25. The van der Waals surface area contributed by atoms with E-state index in [9.17, 15) is 0 Å². The molecule has 1 aromatic heterocycles. The Kier molecular flexibility index (Phi) is 4.89. The van der Waals surface area contributed by atoms with Crippen molar-refractivity contribution in [3.63, 3.8) is 0 Å². The average Bonchev–Trinajstić information content (AvgIpc) is 3.11. The second-order valence-electron chi connectivity index (χ2n) is 5.31. The van der Waals surface area contributed by atoms with Crippen LogP contribution in [0.5, 0.6) is 0 Å². The van der Waals surface area contributed by atoms with Crippen molar-refractivity contribution in [1.82, 2.24) is 0 Å². The maximum Gasteiger partial charge on any atom is 0.0648 e. The Morgan fingerprint density at radius 1 is 1.25 bits per heavy atom. The van der Waals surface area contributed by atoms with E-state index in [1.165, 1.54) is 34.1 Å². The quantitative estimate of drug-likeness (QED) is 0.572. The minimum absolute atomic E-state index is 0.398. The molecule has 1 heterocycles. The number of halogens is 2. The number of thiophene rings is 1. The number of benzene rings is 1. The molecule has 2 aromatic rings. The summed E-state index contributed by atoms with van der Waals surface area (Å²) in [4.78, 5) is 1.42. The molecular weight excluding hydrogens is 401 g/mol. The number of nitrogens with one attached hydrogen (secondary N) is 1. The smallest absolute Gasteiger partial charge is 0.0648 e. The molecule has 1 unspecified atom stereocenters. The predicted molar refractivity (Wildman–Crippen MR) is 96.8 cm³/mol. The summed E-state index contributed by atoms with van der Waals surface area (Å²) >= 11 is 10.5. The van der Waals surface area contributed by atoms with Crippen LogP contribution < -0.4 is 5.32 Å². The fourth-order valence-electron chi connectivity index (χ4n) is 2.95. The van der Waals surface area contributed by atoms with Crippen LogP contribution in [0.2, 0.25) is 5.02 Å². The Morgan fingerprint density at radius 3 is 2.70 bits per heavy atom. The molecule has 1 aromatic carbocycles. The van der Waals surface area contributed by atoms with Gasteiger partial charge in [-0.3, -0.25) is 0 Å². The van der Waals surface area contributed by atoms with Gasteiger partial charge in [-0.2, -0.15) is 0 Å².